The molecule has 63 heavy (non-hydrogen) atoms. The van der Waals surface area contributed by atoms with Crippen molar-refractivity contribution in [2.24, 2.45) is 17.8 Å². The third kappa shape index (κ3) is 45.4. The summed E-state index contributed by atoms with van der Waals surface area (Å²) in [6.45, 7) is 15.6. The SMILES string of the molecule is CCC(OC(=O)CCCCCCCCCCCCCCC(C)C)(OC(=O)CCCCCCCCCCCCCCC(C)C)OC(=O)CCCCCCCCCCCCCCC(C)C. The molecular weight excluding hydrogens is 781 g/mol. The van der Waals surface area contributed by atoms with Crippen molar-refractivity contribution in [2.75, 3.05) is 0 Å². The van der Waals surface area contributed by atoms with Crippen LogP contribution in [0.4, 0.5) is 0 Å². The molecule has 0 saturated heterocycles. The van der Waals surface area contributed by atoms with Gasteiger partial charge in [-0.3, -0.25) is 14.4 Å². The summed E-state index contributed by atoms with van der Waals surface area (Å²) in [4.78, 5) is 39.4. The lowest BCUT2D eigenvalue weighted by molar-refractivity contribution is -0.331. The molecule has 0 atom stereocenters. The summed E-state index contributed by atoms with van der Waals surface area (Å²) in [5, 5.41) is 0. The summed E-state index contributed by atoms with van der Waals surface area (Å²) in [5.74, 6) is -0.917. The predicted molar refractivity (Wildman–Crippen MR) is 270 cm³/mol. The van der Waals surface area contributed by atoms with Crippen molar-refractivity contribution >= 4 is 17.9 Å². The molecule has 0 saturated carbocycles. The zero-order valence-corrected chi connectivity index (χ0v) is 43.6. The average molecular weight is 892 g/mol. The van der Waals surface area contributed by atoms with Crippen LogP contribution in [-0.2, 0) is 28.6 Å². The molecule has 0 spiro atoms. The van der Waals surface area contributed by atoms with Gasteiger partial charge in [0.15, 0.2) is 0 Å². The average Bonchev–Trinajstić information content (AvgIpc) is 3.23. The fourth-order valence-electron chi connectivity index (χ4n) is 8.72. The molecule has 0 heterocycles. The van der Waals surface area contributed by atoms with Gasteiger partial charge in [-0.15, -0.1) is 0 Å². The molecule has 0 aliphatic heterocycles. The van der Waals surface area contributed by atoms with Crippen LogP contribution in [0.1, 0.15) is 325 Å². The number of carbonyl (C=O) groups excluding carboxylic acids is 3. The molecule has 6 nitrogen and oxygen atoms in total. The molecule has 0 N–H and O–H groups in total. The van der Waals surface area contributed by atoms with E-state index in [1.165, 1.54) is 193 Å². The van der Waals surface area contributed by atoms with Gasteiger partial charge in [-0.1, -0.05) is 280 Å². The van der Waals surface area contributed by atoms with Crippen LogP contribution < -0.4 is 0 Å². The summed E-state index contributed by atoms with van der Waals surface area (Å²) in [5.41, 5.74) is 0. The largest absolute Gasteiger partial charge is 0.423 e. The first kappa shape index (κ1) is 61.4. The highest BCUT2D eigenvalue weighted by Crippen LogP contribution is 2.26. The monoisotopic (exact) mass is 891 g/mol. The maximum atomic E-state index is 13.1. The molecule has 0 aromatic carbocycles. The molecule has 0 unspecified atom stereocenters. The van der Waals surface area contributed by atoms with Gasteiger partial charge in [0.25, 0.3) is 0 Å². The summed E-state index contributed by atoms with van der Waals surface area (Å²) in [7, 11) is 0. The van der Waals surface area contributed by atoms with E-state index in [4.69, 9.17) is 14.2 Å². The van der Waals surface area contributed by atoms with Crippen molar-refractivity contribution in [2.45, 2.75) is 331 Å². The molecule has 0 rings (SSSR count). The van der Waals surface area contributed by atoms with Crippen LogP contribution in [0.25, 0.3) is 0 Å². The number of ether oxygens (including phenoxy) is 3. The number of rotatable bonds is 49. The Morgan fingerprint density at radius 3 is 0.603 bits per heavy atom. The van der Waals surface area contributed by atoms with Crippen LogP contribution in [0.3, 0.4) is 0 Å². The van der Waals surface area contributed by atoms with E-state index >= 15 is 0 Å². The number of esters is 3. The van der Waals surface area contributed by atoms with Crippen LogP contribution in [0, 0.1) is 17.8 Å². The van der Waals surface area contributed by atoms with E-state index < -0.39 is 23.9 Å². The first-order valence-electron chi connectivity index (χ1n) is 28.1. The molecule has 0 amide bonds. The van der Waals surface area contributed by atoms with Crippen molar-refractivity contribution in [3.8, 4) is 0 Å². The quantitative estimate of drug-likeness (QED) is 0.0344. The second kappa shape index (κ2) is 45.6. The molecule has 0 fully saturated rings. The van der Waals surface area contributed by atoms with Crippen molar-refractivity contribution in [1.82, 2.24) is 0 Å². The second-order valence-corrected chi connectivity index (χ2v) is 21.0. The Morgan fingerprint density at radius 1 is 0.286 bits per heavy atom. The first-order chi connectivity index (χ1) is 30.5. The van der Waals surface area contributed by atoms with Gasteiger partial charge < -0.3 is 14.2 Å². The van der Waals surface area contributed by atoms with Gasteiger partial charge in [0.2, 0.25) is 0 Å². The standard InChI is InChI=1S/C57H110O6/c1-8-57(61-54(58)48-42-36-30-24-18-12-9-15-21-27-33-39-45-51(2)3,62-55(59)49-43-37-31-25-19-13-10-16-22-28-34-40-46-52(4)5)63-56(60)50-44-38-32-26-20-14-11-17-23-29-35-41-47-53(6)7/h51-53H,8-50H2,1-7H3. The zero-order valence-electron chi connectivity index (χ0n) is 43.6. The summed E-state index contributed by atoms with van der Waals surface area (Å²) in [6, 6.07) is 0. The van der Waals surface area contributed by atoms with Gasteiger partial charge in [0.1, 0.15) is 0 Å². The lowest BCUT2D eigenvalue weighted by atomic mass is 10.0. The van der Waals surface area contributed by atoms with Gasteiger partial charge in [-0.2, -0.15) is 0 Å². The van der Waals surface area contributed by atoms with Crippen LogP contribution >= 0.6 is 0 Å². The Morgan fingerprint density at radius 2 is 0.444 bits per heavy atom. The molecule has 0 aromatic rings. The fourth-order valence-corrected chi connectivity index (χ4v) is 8.72. The van der Waals surface area contributed by atoms with E-state index in [2.05, 4.69) is 41.5 Å². The Balaban J connectivity index is 4.59. The lowest BCUT2D eigenvalue weighted by Gasteiger charge is -2.30. The third-order valence-corrected chi connectivity index (χ3v) is 13.0. The predicted octanol–water partition coefficient (Wildman–Crippen LogP) is 19.0. The number of carbonyl (C=O) groups is 3. The van der Waals surface area contributed by atoms with Crippen molar-refractivity contribution in [3.05, 3.63) is 0 Å². The topological polar surface area (TPSA) is 78.9 Å². The molecular formula is C57H110O6. The van der Waals surface area contributed by atoms with E-state index in [9.17, 15) is 14.4 Å². The third-order valence-electron chi connectivity index (χ3n) is 13.0. The minimum atomic E-state index is -1.98. The second-order valence-electron chi connectivity index (χ2n) is 21.0. The van der Waals surface area contributed by atoms with E-state index in [0.717, 1.165) is 56.3 Å². The Kier molecular flexibility index (Phi) is 44.4. The normalized spacial score (nSPS) is 11.9. The fraction of sp³-hybridized carbons (Fsp3) is 0.947. The molecule has 0 aliphatic carbocycles. The van der Waals surface area contributed by atoms with Crippen molar-refractivity contribution in [3.63, 3.8) is 0 Å². The van der Waals surface area contributed by atoms with Crippen molar-refractivity contribution < 1.29 is 28.6 Å². The van der Waals surface area contributed by atoms with Crippen LogP contribution in [0.5, 0.6) is 0 Å². The van der Waals surface area contributed by atoms with Gasteiger partial charge >= 0.3 is 23.9 Å². The molecule has 0 radical (unpaired) electrons. The van der Waals surface area contributed by atoms with Gasteiger partial charge in [-0.25, -0.2) is 0 Å². The Hall–Kier alpha value is -1.59. The van der Waals surface area contributed by atoms with E-state index in [0.29, 0.717) is 19.3 Å². The maximum absolute atomic E-state index is 13.1. The zero-order chi connectivity index (χ0) is 46.5. The van der Waals surface area contributed by atoms with Crippen LogP contribution in [-0.4, -0.2) is 23.9 Å². The van der Waals surface area contributed by atoms with Gasteiger partial charge in [0.05, 0.1) is 6.42 Å². The first-order valence-corrected chi connectivity index (χ1v) is 28.1. The van der Waals surface area contributed by atoms with E-state index in [1.807, 2.05) is 0 Å². The van der Waals surface area contributed by atoms with Crippen LogP contribution in [0.15, 0.2) is 0 Å². The summed E-state index contributed by atoms with van der Waals surface area (Å²) < 4.78 is 17.3. The van der Waals surface area contributed by atoms with E-state index in [1.54, 1.807) is 6.92 Å². The molecule has 0 bridgehead atoms. The molecule has 6 heteroatoms. The minimum Gasteiger partial charge on any atom is -0.388 e. The van der Waals surface area contributed by atoms with Crippen LogP contribution in [0.2, 0.25) is 0 Å². The summed E-state index contributed by atoms with van der Waals surface area (Å²) >= 11 is 0. The highest BCUT2D eigenvalue weighted by atomic mass is 16.9. The van der Waals surface area contributed by atoms with E-state index in [-0.39, 0.29) is 25.7 Å². The number of hydrogen-bond donors (Lipinski definition) is 0. The lowest BCUT2D eigenvalue weighted by Crippen LogP contribution is -2.44. The highest BCUT2D eigenvalue weighted by molar-refractivity contribution is 5.74. The number of hydrogen-bond acceptors (Lipinski definition) is 6. The molecule has 374 valence electrons. The van der Waals surface area contributed by atoms with Crippen molar-refractivity contribution in [1.29, 1.82) is 0 Å². The minimum absolute atomic E-state index is 0.0735. The van der Waals surface area contributed by atoms with Gasteiger partial charge in [0, 0.05) is 19.3 Å². The van der Waals surface area contributed by atoms with Gasteiger partial charge in [-0.05, 0) is 37.0 Å². The highest BCUT2D eigenvalue weighted by Gasteiger charge is 2.41. The Bertz CT molecular complexity index is 883. The number of unbranched alkanes of at least 4 members (excludes halogenated alkanes) is 33. The Labute approximate surface area is 393 Å². The maximum Gasteiger partial charge on any atom is 0.423 e. The molecule has 0 aromatic heterocycles. The smallest absolute Gasteiger partial charge is 0.388 e. The summed E-state index contributed by atoms with van der Waals surface area (Å²) in [6.07, 6.45) is 48.8. The molecule has 0 aliphatic rings.